The Labute approximate surface area is 165 Å². The number of carbonyl (C=O) groups is 3. The molecule has 1 aliphatic heterocycles. The summed E-state index contributed by atoms with van der Waals surface area (Å²) in [6, 6.07) is 5.69. The molecule has 0 aliphatic carbocycles. The Morgan fingerprint density at radius 3 is 2.54 bits per heavy atom. The average Bonchev–Trinajstić information content (AvgIpc) is 2.85. The Morgan fingerprint density at radius 1 is 1.38 bits per heavy atom. The predicted octanol–water partition coefficient (Wildman–Crippen LogP) is 2.45. The highest BCUT2D eigenvalue weighted by Crippen LogP contribution is 2.31. The van der Waals surface area contributed by atoms with Gasteiger partial charge in [0.15, 0.2) is 0 Å². The van der Waals surface area contributed by atoms with Crippen molar-refractivity contribution in [2.75, 3.05) is 19.1 Å². The number of carboxylic acids is 1. The highest BCUT2D eigenvalue weighted by Gasteiger charge is 2.28. The van der Waals surface area contributed by atoms with E-state index in [2.05, 4.69) is 5.32 Å². The molecule has 0 unspecified atom stereocenters. The van der Waals surface area contributed by atoms with Crippen LogP contribution in [0.5, 0.6) is 0 Å². The van der Waals surface area contributed by atoms with Crippen LogP contribution in [0.3, 0.4) is 0 Å². The molecule has 2 amide bonds. The van der Waals surface area contributed by atoms with Gasteiger partial charge >= 0.3 is 5.97 Å². The molecule has 2 N–H and O–H groups in total. The Morgan fingerprint density at radius 2 is 2.04 bits per heavy atom. The zero-order valence-corrected chi connectivity index (χ0v) is 16.7. The van der Waals surface area contributed by atoms with Crippen molar-refractivity contribution in [3.63, 3.8) is 0 Å². The summed E-state index contributed by atoms with van der Waals surface area (Å²) in [4.78, 5) is 37.4. The third-order valence-electron chi connectivity index (χ3n) is 3.67. The van der Waals surface area contributed by atoms with Crippen LogP contribution in [0.4, 0.5) is 0 Å². The number of nitrogens with zero attached hydrogens (tertiary/aromatic N) is 1. The van der Waals surface area contributed by atoms with E-state index in [1.165, 1.54) is 28.4 Å². The Balaban J connectivity index is 2.07. The maximum atomic E-state index is 12.2. The van der Waals surface area contributed by atoms with Crippen molar-refractivity contribution in [2.45, 2.75) is 12.5 Å². The first kappa shape index (κ1) is 20.5. The van der Waals surface area contributed by atoms with Gasteiger partial charge in [0.1, 0.15) is 10.4 Å². The van der Waals surface area contributed by atoms with E-state index in [0.29, 0.717) is 27.0 Å². The summed E-state index contributed by atoms with van der Waals surface area (Å²) < 4.78 is 0.502. The summed E-state index contributed by atoms with van der Waals surface area (Å²) in [5.41, 5.74) is 1.12. The number of nitrogens with one attached hydrogen (secondary N) is 1. The molecule has 1 heterocycles. The average molecular weight is 411 g/mol. The fourth-order valence-electron chi connectivity index (χ4n) is 2.16. The van der Waals surface area contributed by atoms with Crippen LogP contribution >= 0.6 is 35.7 Å². The number of carbonyl (C=O) groups excluding carboxylic acids is 2. The van der Waals surface area contributed by atoms with Crippen LogP contribution in [0.25, 0.3) is 6.08 Å². The minimum atomic E-state index is -1.05. The van der Waals surface area contributed by atoms with Gasteiger partial charge in [-0.05, 0) is 42.2 Å². The number of hydrogen-bond donors (Lipinski definition) is 2. The van der Waals surface area contributed by atoms with Gasteiger partial charge in [-0.15, -0.1) is 0 Å². The van der Waals surface area contributed by atoms with Crippen LogP contribution in [0.2, 0.25) is 0 Å². The minimum Gasteiger partial charge on any atom is -0.480 e. The van der Waals surface area contributed by atoms with Crippen molar-refractivity contribution < 1.29 is 19.5 Å². The van der Waals surface area contributed by atoms with E-state index in [-0.39, 0.29) is 5.91 Å². The third-order valence-corrected chi connectivity index (χ3v) is 5.80. The van der Waals surface area contributed by atoms with E-state index >= 15 is 0 Å². The lowest BCUT2D eigenvalue weighted by molar-refractivity contribution is -0.139. The summed E-state index contributed by atoms with van der Waals surface area (Å²) in [7, 11) is 1.63. The van der Waals surface area contributed by atoms with Gasteiger partial charge in [-0.3, -0.25) is 14.5 Å². The number of aliphatic carboxylic acids is 1. The first-order valence-corrected chi connectivity index (χ1v) is 10.3. The van der Waals surface area contributed by atoms with Gasteiger partial charge in [-0.25, -0.2) is 4.79 Å². The molecule has 2 rings (SSSR count). The Bertz CT molecular complexity index is 762. The molecule has 6 nitrogen and oxygen atoms in total. The molecule has 0 saturated carbocycles. The number of amides is 2. The summed E-state index contributed by atoms with van der Waals surface area (Å²) >= 11 is 7.84. The number of thiocarbonyl (C=S) groups is 1. The number of thioether (sulfide) groups is 2. The summed E-state index contributed by atoms with van der Waals surface area (Å²) in [5, 5.41) is 11.7. The van der Waals surface area contributed by atoms with Gasteiger partial charge in [0.2, 0.25) is 0 Å². The minimum absolute atomic E-state index is 0.153. The van der Waals surface area contributed by atoms with E-state index in [1.807, 2.05) is 6.26 Å². The maximum absolute atomic E-state index is 12.2. The molecule has 138 valence electrons. The van der Waals surface area contributed by atoms with Crippen LogP contribution in [0.1, 0.15) is 22.3 Å². The van der Waals surface area contributed by atoms with Gasteiger partial charge in [0.05, 0.1) is 4.91 Å². The lowest BCUT2D eigenvalue weighted by Gasteiger charge is -2.14. The molecule has 1 aromatic rings. The molecular weight excluding hydrogens is 392 g/mol. The van der Waals surface area contributed by atoms with E-state index < -0.39 is 17.9 Å². The van der Waals surface area contributed by atoms with Crippen LogP contribution in [-0.4, -0.2) is 57.2 Å². The molecule has 1 fully saturated rings. The molecule has 9 heteroatoms. The zero-order valence-electron chi connectivity index (χ0n) is 14.2. The number of rotatable bonds is 7. The summed E-state index contributed by atoms with van der Waals surface area (Å²) in [6.07, 6.45) is 3.95. The second-order valence-corrected chi connectivity index (χ2v) is 8.17. The van der Waals surface area contributed by atoms with Crippen molar-refractivity contribution in [1.82, 2.24) is 10.2 Å². The molecule has 0 radical (unpaired) electrons. The molecule has 26 heavy (non-hydrogen) atoms. The lowest BCUT2D eigenvalue weighted by Crippen LogP contribution is -2.41. The molecule has 0 bridgehead atoms. The smallest absolute Gasteiger partial charge is 0.326 e. The third kappa shape index (κ3) is 5.09. The Hall–Kier alpha value is -1.84. The molecule has 1 aliphatic rings. The molecule has 1 atom stereocenters. The summed E-state index contributed by atoms with van der Waals surface area (Å²) in [6.45, 7) is 0. The zero-order chi connectivity index (χ0) is 19.3. The Kier molecular flexibility index (Phi) is 7.24. The SMILES string of the molecule is CSCC[C@H](NC(=O)c1ccc(/C=C2/SC(=S)N(C)C2=O)cc1)C(=O)O. The second-order valence-electron chi connectivity index (χ2n) is 5.51. The number of likely N-dealkylation sites (N-methyl/N-ethyl adjacent to an activating group) is 1. The molecule has 1 saturated heterocycles. The number of carboxylic acid groups (broad SMARTS) is 1. The quantitative estimate of drug-likeness (QED) is 0.527. The largest absolute Gasteiger partial charge is 0.480 e. The molecular formula is C17H18N2O4S3. The molecule has 1 aromatic carbocycles. The van der Waals surface area contributed by atoms with Crippen molar-refractivity contribution in [2.24, 2.45) is 0 Å². The van der Waals surface area contributed by atoms with Gasteiger partial charge in [0.25, 0.3) is 11.8 Å². The highest BCUT2D eigenvalue weighted by atomic mass is 32.2. The lowest BCUT2D eigenvalue weighted by atomic mass is 10.1. The maximum Gasteiger partial charge on any atom is 0.326 e. The molecule has 0 spiro atoms. The van der Waals surface area contributed by atoms with Gasteiger partial charge in [-0.2, -0.15) is 11.8 Å². The number of hydrogen-bond acceptors (Lipinski definition) is 6. The van der Waals surface area contributed by atoms with Crippen LogP contribution < -0.4 is 5.32 Å². The highest BCUT2D eigenvalue weighted by molar-refractivity contribution is 8.26. The topological polar surface area (TPSA) is 86.7 Å². The normalized spacial score (nSPS) is 16.8. The van der Waals surface area contributed by atoms with E-state index in [0.717, 1.165) is 5.56 Å². The van der Waals surface area contributed by atoms with Crippen LogP contribution in [0.15, 0.2) is 29.2 Å². The van der Waals surface area contributed by atoms with Gasteiger partial charge in [0, 0.05) is 12.6 Å². The van der Waals surface area contributed by atoms with Gasteiger partial charge < -0.3 is 10.4 Å². The van der Waals surface area contributed by atoms with Crippen molar-refractivity contribution >= 4 is 63.9 Å². The number of benzene rings is 1. The van der Waals surface area contributed by atoms with Gasteiger partial charge in [-0.1, -0.05) is 36.1 Å². The van der Waals surface area contributed by atoms with Crippen molar-refractivity contribution in [3.05, 3.63) is 40.3 Å². The van der Waals surface area contributed by atoms with E-state index in [1.54, 1.807) is 37.4 Å². The van der Waals surface area contributed by atoms with Crippen molar-refractivity contribution in [1.29, 1.82) is 0 Å². The van der Waals surface area contributed by atoms with Crippen LogP contribution in [-0.2, 0) is 9.59 Å². The first-order chi connectivity index (χ1) is 12.3. The predicted molar refractivity (Wildman–Crippen MR) is 109 cm³/mol. The fraction of sp³-hybridized carbons (Fsp3) is 0.294. The fourth-order valence-corrected chi connectivity index (χ4v) is 3.81. The van der Waals surface area contributed by atoms with E-state index in [9.17, 15) is 19.5 Å². The first-order valence-electron chi connectivity index (χ1n) is 7.67. The standard InChI is InChI=1S/C17H18N2O4S3/c1-19-15(21)13(26-17(19)24)9-10-3-5-11(6-4-10)14(20)18-12(16(22)23)7-8-25-2/h3-6,9,12H,7-8H2,1-2H3,(H,18,20)(H,22,23)/b13-9+/t12-/m0/s1. The second kappa shape index (κ2) is 9.20. The van der Waals surface area contributed by atoms with E-state index in [4.69, 9.17) is 12.2 Å². The van der Waals surface area contributed by atoms with Crippen LogP contribution in [0, 0.1) is 0 Å². The summed E-state index contributed by atoms with van der Waals surface area (Å²) in [5.74, 6) is -0.998. The van der Waals surface area contributed by atoms with Crippen molar-refractivity contribution in [3.8, 4) is 0 Å². The monoisotopic (exact) mass is 410 g/mol. The molecule has 0 aromatic heterocycles.